The highest BCUT2D eigenvalue weighted by Gasteiger charge is 2.22. The van der Waals surface area contributed by atoms with E-state index in [1.807, 2.05) is 0 Å². The lowest BCUT2D eigenvalue weighted by Crippen LogP contribution is -2.38. The summed E-state index contributed by atoms with van der Waals surface area (Å²) < 4.78 is 10.7. The maximum Gasteiger partial charge on any atom is 0.251 e. The molecule has 0 radical (unpaired) electrons. The van der Waals surface area contributed by atoms with E-state index in [1.54, 1.807) is 25.3 Å². The fourth-order valence-corrected chi connectivity index (χ4v) is 3.09. The molecule has 1 amide bonds. The van der Waals surface area contributed by atoms with Gasteiger partial charge < -0.3 is 14.8 Å². The molecule has 0 spiro atoms. The molecule has 0 unspecified atom stereocenters. The summed E-state index contributed by atoms with van der Waals surface area (Å²) in [7, 11) is 1.55. The molecule has 0 heterocycles. The molecule has 0 aliphatic heterocycles. The lowest BCUT2D eigenvalue weighted by Gasteiger charge is -2.28. The first-order chi connectivity index (χ1) is 11.2. The Morgan fingerprint density at radius 2 is 2.09 bits per heavy atom. The Bertz CT molecular complexity index is 570. The number of terminal acetylenes is 1. The number of hydrogen-bond donors (Lipinski definition) is 1. The molecule has 0 bridgehead atoms. The first-order valence-electron chi connectivity index (χ1n) is 8.21. The van der Waals surface area contributed by atoms with E-state index < -0.39 is 0 Å². The van der Waals surface area contributed by atoms with E-state index in [1.165, 1.54) is 32.1 Å². The molecule has 23 heavy (non-hydrogen) atoms. The summed E-state index contributed by atoms with van der Waals surface area (Å²) in [6.07, 6.45) is 11.4. The molecule has 1 aromatic rings. The highest BCUT2D eigenvalue weighted by atomic mass is 16.5. The Labute approximate surface area is 138 Å². The van der Waals surface area contributed by atoms with Crippen LogP contribution in [0.25, 0.3) is 0 Å². The Hall–Kier alpha value is -2.15. The van der Waals surface area contributed by atoms with Crippen molar-refractivity contribution >= 4 is 5.91 Å². The number of rotatable bonds is 6. The van der Waals surface area contributed by atoms with Crippen molar-refractivity contribution in [2.75, 3.05) is 13.7 Å². The SMILES string of the molecule is C#CCOc1ccc(C(=O)N[C@H](C)C2CCCCC2)cc1OC. The van der Waals surface area contributed by atoms with E-state index in [0.29, 0.717) is 23.0 Å². The van der Waals surface area contributed by atoms with Crippen molar-refractivity contribution in [1.82, 2.24) is 5.32 Å². The van der Waals surface area contributed by atoms with Crippen LogP contribution in [0, 0.1) is 18.3 Å². The minimum Gasteiger partial charge on any atom is -0.493 e. The van der Waals surface area contributed by atoms with Crippen molar-refractivity contribution in [3.05, 3.63) is 23.8 Å². The second kappa shape index (κ2) is 8.47. The number of nitrogens with one attached hydrogen (secondary N) is 1. The van der Waals surface area contributed by atoms with E-state index >= 15 is 0 Å². The molecular weight excluding hydrogens is 290 g/mol. The fourth-order valence-electron chi connectivity index (χ4n) is 3.09. The second-order valence-electron chi connectivity index (χ2n) is 6.02. The molecular formula is C19H25NO3. The quantitative estimate of drug-likeness (QED) is 0.818. The van der Waals surface area contributed by atoms with Crippen LogP contribution in [0.1, 0.15) is 49.4 Å². The highest BCUT2D eigenvalue weighted by Crippen LogP contribution is 2.29. The summed E-state index contributed by atoms with van der Waals surface area (Å²) in [5.74, 6) is 3.96. The topological polar surface area (TPSA) is 47.6 Å². The van der Waals surface area contributed by atoms with Gasteiger partial charge in [-0.3, -0.25) is 4.79 Å². The summed E-state index contributed by atoms with van der Waals surface area (Å²) in [6.45, 7) is 2.26. The van der Waals surface area contributed by atoms with Crippen molar-refractivity contribution < 1.29 is 14.3 Å². The number of ether oxygens (including phenoxy) is 2. The molecule has 124 valence electrons. The van der Waals surface area contributed by atoms with Crippen LogP contribution < -0.4 is 14.8 Å². The van der Waals surface area contributed by atoms with Crippen LogP contribution in [0.3, 0.4) is 0 Å². The van der Waals surface area contributed by atoms with Gasteiger partial charge in [0.25, 0.3) is 5.91 Å². The van der Waals surface area contributed by atoms with Crippen LogP contribution in [0.4, 0.5) is 0 Å². The molecule has 4 nitrogen and oxygen atoms in total. The van der Waals surface area contributed by atoms with Crippen molar-refractivity contribution in [2.45, 2.75) is 45.1 Å². The van der Waals surface area contributed by atoms with Gasteiger partial charge in [-0.05, 0) is 43.9 Å². The van der Waals surface area contributed by atoms with Crippen LogP contribution in [-0.4, -0.2) is 25.7 Å². The summed E-state index contributed by atoms with van der Waals surface area (Å²) in [4.78, 5) is 12.5. The normalized spacial score (nSPS) is 16.2. The lowest BCUT2D eigenvalue weighted by atomic mass is 9.84. The molecule has 0 aromatic heterocycles. The Balaban J connectivity index is 2.02. The molecule has 1 aliphatic rings. The largest absolute Gasteiger partial charge is 0.493 e. The van der Waals surface area contributed by atoms with Crippen LogP contribution in [0.5, 0.6) is 11.5 Å². The third kappa shape index (κ3) is 4.66. The minimum atomic E-state index is -0.0788. The maximum atomic E-state index is 12.5. The van der Waals surface area contributed by atoms with Gasteiger partial charge >= 0.3 is 0 Å². The van der Waals surface area contributed by atoms with Crippen molar-refractivity contribution in [1.29, 1.82) is 0 Å². The van der Waals surface area contributed by atoms with Gasteiger partial charge in [-0.1, -0.05) is 25.2 Å². The summed E-state index contributed by atoms with van der Waals surface area (Å²) in [6, 6.07) is 5.33. The smallest absolute Gasteiger partial charge is 0.251 e. The van der Waals surface area contributed by atoms with Gasteiger partial charge in [0.15, 0.2) is 11.5 Å². The van der Waals surface area contributed by atoms with E-state index in [4.69, 9.17) is 15.9 Å². The van der Waals surface area contributed by atoms with Crippen LogP contribution in [0.2, 0.25) is 0 Å². The highest BCUT2D eigenvalue weighted by molar-refractivity contribution is 5.95. The zero-order chi connectivity index (χ0) is 16.7. The summed E-state index contributed by atoms with van der Waals surface area (Å²) in [5, 5.41) is 3.11. The number of methoxy groups -OCH3 is 1. The van der Waals surface area contributed by atoms with Gasteiger partial charge in [0.05, 0.1) is 7.11 Å². The molecule has 1 saturated carbocycles. The molecule has 1 fully saturated rings. The molecule has 1 atom stereocenters. The van der Waals surface area contributed by atoms with Crippen molar-refractivity contribution in [2.24, 2.45) is 5.92 Å². The number of carbonyl (C=O) groups excluding carboxylic acids is 1. The standard InChI is InChI=1S/C19H25NO3/c1-4-12-23-17-11-10-16(13-18(17)22-3)19(21)20-14(2)15-8-6-5-7-9-15/h1,10-11,13-15H,5-9,12H2,2-3H3,(H,20,21)/t14-/m1/s1. The third-order valence-electron chi connectivity index (χ3n) is 4.45. The Kier molecular flexibility index (Phi) is 6.34. The Morgan fingerprint density at radius 3 is 2.74 bits per heavy atom. The van der Waals surface area contributed by atoms with Crippen LogP contribution >= 0.6 is 0 Å². The summed E-state index contributed by atoms with van der Waals surface area (Å²) >= 11 is 0. The average molecular weight is 315 g/mol. The van der Waals surface area contributed by atoms with Gasteiger partial charge in [-0.25, -0.2) is 0 Å². The number of amides is 1. The van der Waals surface area contributed by atoms with Crippen LogP contribution in [-0.2, 0) is 0 Å². The zero-order valence-corrected chi connectivity index (χ0v) is 13.9. The predicted octanol–water partition coefficient (Wildman–Crippen LogP) is 3.41. The van der Waals surface area contributed by atoms with E-state index in [-0.39, 0.29) is 18.6 Å². The van der Waals surface area contributed by atoms with Gasteiger partial charge in [-0.2, -0.15) is 0 Å². The summed E-state index contributed by atoms with van der Waals surface area (Å²) in [5.41, 5.74) is 0.567. The minimum absolute atomic E-state index is 0.0788. The Morgan fingerprint density at radius 1 is 1.35 bits per heavy atom. The van der Waals surface area contributed by atoms with Gasteiger partial charge in [0, 0.05) is 11.6 Å². The first kappa shape index (κ1) is 17.2. The van der Waals surface area contributed by atoms with E-state index in [0.717, 1.165) is 0 Å². The fraction of sp³-hybridized carbons (Fsp3) is 0.526. The van der Waals surface area contributed by atoms with Crippen molar-refractivity contribution in [3.8, 4) is 23.8 Å². The molecule has 2 rings (SSSR count). The third-order valence-corrected chi connectivity index (χ3v) is 4.45. The maximum absolute atomic E-state index is 12.5. The average Bonchev–Trinajstić information content (AvgIpc) is 2.60. The molecule has 1 aliphatic carbocycles. The predicted molar refractivity (Wildman–Crippen MR) is 90.8 cm³/mol. The molecule has 0 saturated heterocycles. The van der Waals surface area contributed by atoms with Crippen LogP contribution in [0.15, 0.2) is 18.2 Å². The molecule has 4 heteroatoms. The number of hydrogen-bond acceptors (Lipinski definition) is 3. The van der Waals surface area contributed by atoms with Gasteiger partial charge in [0.1, 0.15) is 6.61 Å². The van der Waals surface area contributed by atoms with E-state index in [2.05, 4.69) is 18.2 Å². The lowest BCUT2D eigenvalue weighted by molar-refractivity contribution is 0.0919. The first-order valence-corrected chi connectivity index (χ1v) is 8.21. The molecule has 1 N–H and O–H groups in total. The van der Waals surface area contributed by atoms with Gasteiger partial charge in [-0.15, -0.1) is 6.42 Å². The number of benzene rings is 1. The van der Waals surface area contributed by atoms with Gasteiger partial charge in [0.2, 0.25) is 0 Å². The van der Waals surface area contributed by atoms with Crippen molar-refractivity contribution in [3.63, 3.8) is 0 Å². The molecule has 1 aromatic carbocycles. The number of carbonyl (C=O) groups is 1. The zero-order valence-electron chi connectivity index (χ0n) is 13.9. The monoisotopic (exact) mass is 315 g/mol. The van der Waals surface area contributed by atoms with E-state index in [9.17, 15) is 4.79 Å². The second-order valence-corrected chi connectivity index (χ2v) is 6.02.